The summed E-state index contributed by atoms with van der Waals surface area (Å²) in [5.74, 6) is 1.48. The minimum atomic E-state index is -0.0691. The van der Waals surface area contributed by atoms with Crippen LogP contribution in [0.15, 0.2) is 60.8 Å². The number of amides is 1. The van der Waals surface area contributed by atoms with Crippen LogP contribution >= 0.6 is 0 Å². The lowest BCUT2D eigenvalue weighted by Gasteiger charge is -2.19. The van der Waals surface area contributed by atoms with Crippen LogP contribution in [-0.2, 0) is 13.2 Å². The second kappa shape index (κ2) is 9.24. The Morgan fingerprint density at radius 2 is 1.72 bits per heavy atom. The number of aryl methyl sites for hydroxylation is 1. The van der Waals surface area contributed by atoms with Crippen LogP contribution in [0.2, 0.25) is 0 Å². The Kier molecular flexibility index (Phi) is 6.50. The van der Waals surface area contributed by atoms with Gasteiger partial charge in [0.1, 0.15) is 18.1 Å². The number of nitrogens with zero attached hydrogens (tertiary/aromatic N) is 2. The zero-order chi connectivity index (χ0) is 20.8. The highest BCUT2D eigenvalue weighted by Gasteiger charge is 2.16. The highest BCUT2D eigenvalue weighted by atomic mass is 16.5. The Hall–Kier alpha value is -3.34. The number of pyridine rings is 1. The van der Waals surface area contributed by atoms with Gasteiger partial charge >= 0.3 is 0 Å². The molecule has 0 bridgehead atoms. The number of ether oxygens (including phenoxy) is 2. The number of hydrogen-bond acceptors (Lipinski definition) is 4. The molecule has 0 atom stereocenters. The predicted octanol–water partition coefficient (Wildman–Crippen LogP) is 4.56. The standard InChI is InChI=1S/C24H26N2O3/c1-17-14-25-22(18(2)23(17)28-4)15-26(3)24(27)20-10-12-21(13-11-20)29-16-19-8-6-5-7-9-19/h5-14H,15-16H2,1-4H3. The molecular formula is C24H26N2O3. The molecule has 0 N–H and O–H groups in total. The Bertz CT molecular complexity index is 969. The maximum Gasteiger partial charge on any atom is 0.253 e. The van der Waals surface area contributed by atoms with E-state index in [-0.39, 0.29) is 5.91 Å². The minimum Gasteiger partial charge on any atom is -0.496 e. The second-order valence-electron chi connectivity index (χ2n) is 7.01. The summed E-state index contributed by atoms with van der Waals surface area (Å²) in [6.45, 7) is 4.83. The van der Waals surface area contributed by atoms with Crippen molar-refractivity contribution in [2.45, 2.75) is 27.0 Å². The fraction of sp³-hybridized carbons (Fsp3) is 0.250. The van der Waals surface area contributed by atoms with E-state index in [4.69, 9.17) is 9.47 Å². The summed E-state index contributed by atoms with van der Waals surface area (Å²) in [4.78, 5) is 18.9. The van der Waals surface area contributed by atoms with Crippen molar-refractivity contribution < 1.29 is 14.3 Å². The van der Waals surface area contributed by atoms with E-state index in [0.717, 1.165) is 33.9 Å². The lowest BCUT2D eigenvalue weighted by Crippen LogP contribution is -2.27. The quantitative estimate of drug-likeness (QED) is 0.593. The molecule has 2 aromatic carbocycles. The van der Waals surface area contributed by atoms with Crippen LogP contribution in [0, 0.1) is 13.8 Å². The number of benzene rings is 2. The fourth-order valence-corrected chi connectivity index (χ4v) is 3.18. The van der Waals surface area contributed by atoms with Crippen LogP contribution in [-0.4, -0.2) is 29.9 Å². The van der Waals surface area contributed by atoms with E-state index in [1.807, 2.05) is 56.3 Å². The first-order valence-electron chi connectivity index (χ1n) is 9.51. The minimum absolute atomic E-state index is 0.0691. The predicted molar refractivity (Wildman–Crippen MR) is 113 cm³/mol. The Morgan fingerprint density at radius 1 is 1.03 bits per heavy atom. The number of hydrogen-bond donors (Lipinski definition) is 0. The summed E-state index contributed by atoms with van der Waals surface area (Å²) in [6.07, 6.45) is 1.78. The maximum atomic E-state index is 12.8. The number of methoxy groups -OCH3 is 1. The summed E-state index contributed by atoms with van der Waals surface area (Å²) in [5, 5.41) is 0. The molecule has 0 unspecified atom stereocenters. The van der Waals surface area contributed by atoms with E-state index in [9.17, 15) is 4.79 Å². The first-order chi connectivity index (χ1) is 14.0. The molecule has 3 aromatic rings. The average molecular weight is 390 g/mol. The van der Waals surface area contributed by atoms with Crippen molar-refractivity contribution in [2.24, 2.45) is 0 Å². The molecule has 5 nitrogen and oxygen atoms in total. The largest absolute Gasteiger partial charge is 0.496 e. The summed E-state index contributed by atoms with van der Waals surface area (Å²) in [5.41, 5.74) is 4.47. The summed E-state index contributed by atoms with van der Waals surface area (Å²) in [7, 11) is 3.42. The topological polar surface area (TPSA) is 51.7 Å². The van der Waals surface area contributed by atoms with Crippen LogP contribution in [0.3, 0.4) is 0 Å². The van der Waals surface area contributed by atoms with Crippen molar-refractivity contribution >= 4 is 5.91 Å². The van der Waals surface area contributed by atoms with Crippen molar-refractivity contribution in [3.63, 3.8) is 0 Å². The molecule has 29 heavy (non-hydrogen) atoms. The normalized spacial score (nSPS) is 10.5. The lowest BCUT2D eigenvalue weighted by molar-refractivity contribution is 0.0783. The number of rotatable bonds is 7. The van der Waals surface area contributed by atoms with Crippen molar-refractivity contribution in [3.8, 4) is 11.5 Å². The molecule has 0 spiro atoms. The van der Waals surface area contributed by atoms with Gasteiger partial charge in [0.15, 0.2) is 0 Å². The maximum absolute atomic E-state index is 12.8. The molecule has 1 amide bonds. The highest BCUT2D eigenvalue weighted by Crippen LogP contribution is 2.25. The third kappa shape index (κ3) is 4.93. The van der Waals surface area contributed by atoms with Gasteiger partial charge in [0.2, 0.25) is 0 Å². The Morgan fingerprint density at radius 3 is 2.38 bits per heavy atom. The first-order valence-corrected chi connectivity index (χ1v) is 9.51. The SMILES string of the molecule is COc1c(C)cnc(CN(C)C(=O)c2ccc(OCc3ccccc3)cc2)c1C. The van der Waals surface area contributed by atoms with Gasteiger partial charge in [-0.2, -0.15) is 0 Å². The Balaban J connectivity index is 1.64. The van der Waals surface area contributed by atoms with Gasteiger partial charge in [-0.05, 0) is 43.7 Å². The summed E-state index contributed by atoms with van der Waals surface area (Å²) >= 11 is 0. The van der Waals surface area contributed by atoms with E-state index >= 15 is 0 Å². The smallest absolute Gasteiger partial charge is 0.253 e. The second-order valence-corrected chi connectivity index (χ2v) is 7.01. The summed E-state index contributed by atoms with van der Waals surface area (Å²) in [6, 6.07) is 17.2. The molecule has 0 aliphatic heterocycles. The van der Waals surface area contributed by atoms with E-state index < -0.39 is 0 Å². The van der Waals surface area contributed by atoms with Crippen LogP contribution in [0.5, 0.6) is 11.5 Å². The van der Waals surface area contributed by atoms with Gasteiger partial charge in [-0.3, -0.25) is 9.78 Å². The zero-order valence-electron chi connectivity index (χ0n) is 17.3. The van der Waals surface area contributed by atoms with E-state index in [1.165, 1.54) is 0 Å². The van der Waals surface area contributed by atoms with Crippen LogP contribution in [0.1, 0.15) is 32.7 Å². The molecule has 1 heterocycles. The fourth-order valence-electron chi connectivity index (χ4n) is 3.18. The molecule has 0 radical (unpaired) electrons. The van der Waals surface area contributed by atoms with Gasteiger partial charge < -0.3 is 14.4 Å². The van der Waals surface area contributed by atoms with E-state index in [1.54, 1.807) is 37.4 Å². The number of aromatic nitrogens is 1. The molecule has 150 valence electrons. The molecule has 0 saturated heterocycles. The van der Waals surface area contributed by atoms with Crippen LogP contribution in [0.25, 0.3) is 0 Å². The van der Waals surface area contributed by atoms with Crippen LogP contribution < -0.4 is 9.47 Å². The molecule has 0 saturated carbocycles. The van der Waals surface area contributed by atoms with Gasteiger partial charge in [-0.25, -0.2) is 0 Å². The van der Waals surface area contributed by atoms with E-state index in [0.29, 0.717) is 18.7 Å². The average Bonchev–Trinajstić information content (AvgIpc) is 2.75. The molecule has 5 heteroatoms. The third-order valence-electron chi connectivity index (χ3n) is 4.83. The molecule has 0 aliphatic rings. The zero-order valence-corrected chi connectivity index (χ0v) is 17.3. The molecule has 0 fully saturated rings. The molecule has 3 rings (SSSR count). The van der Waals surface area contributed by atoms with Crippen molar-refractivity contribution in [1.29, 1.82) is 0 Å². The van der Waals surface area contributed by atoms with Gasteiger partial charge in [0, 0.05) is 29.9 Å². The molecule has 0 aliphatic carbocycles. The Labute approximate surface area is 171 Å². The van der Waals surface area contributed by atoms with Crippen molar-refractivity contribution in [2.75, 3.05) is 14.2 Å². The molecular weight excluding hydrogens is 364 g/mol. The van der Waals surface area contributed by atoms with Gasteiger partial charge in [-0.1, -0.05) is 30.3 Å². The van der Waals surface area contributed by atoms with Gasteiger partial charge in [0.05, 0.1) is 19.3 Å². The third-order valence-corrected chi connectivity index (χ3v) is 4.83. The highest BCUT2D eigenvalue weighted by molar-refractivity contribution is 5.94. The number of carbonyl (C=O) groups is 1. The van der Waals surface area contributed by atoms with Gasteiger partial charge in [-0.15, -0.1) is 0 Å². The van der Waals surface area contributed by atoms with Crippen molar-refractivity contribution in [1.82, 2.24) is 9.88 Å². The number of carbonyl (C=O) groups excluding carboxylic acids is 1. The summed E-state index contributed by atoms with van der Waals surface area (Å²) < 4.78 is 11.2. The first kappa shape index (κ1) is 20.4. The van der Waals surface area contributed by atoms with Crippen molar-refractivity contribution in [3.05, 3.63) is 88.7 Å². The molecule has 1 aromatic heterocycles. The lowest BCUT2D eigenvalue weighted by atomic mass is 10.1. The monoisotopic (exact) mass is 390 g/mol. The van der Waals surface area contributed by atoms with Crippen LogP contribution in [0.4, 0.5) is 0 Å². The van der Waals surface area contributed by atoms with Gasteiger partial charge in [0.25, 0.3) is 5.91 Å². The van der Waals surface area contributed by atoms with E-state index in [2.05, 4.69) is 4.98 Å².